The lowest BCUT2D eigenvalue weighted by atomic mass is 9.96. The minimum absolute atomic E-state index is 0.158. The van der Waals surface area contributed by atoms with Crippen LogP contribution in [0.2, 0.25) is 0 Å². The Hall–Kier alpha value is -1.43. The Bertz CT molecular complexity index is 483. The van der Waals surface area contributed by atoms with Gasteiger partial charge in [0.05, 0.1) is 14.2 Å². The zero-order valence-corrected chi connectivity index (χ0v) is 12.2. The summed E-state index contributed by atoms with van der Waals surface area (Å²) in [6, 6.07) is 2.74. The molecule has 1 atom stereocenters. The minimum atomic E-state index is -4.46. The van der Waals surface area contributed by atoms with Crippen LogP contribution in [0.3, 0.4) is 0 Å². The van der Waals surface area contributed by atoms with Crippen molar-refractivity contribution in [3.05, 3.63) is 23.3 Å². The van der Waals surface area contributed by atoms with Gasteiger partial charge in [-0.05, 0) is 43.5 Å². The average Bonchev–Trinajstić information content (AvgIpc) is 2.46. The van der Waals surface area contributed by atoms with Gasteiger partial charge in [-0.2, -0.15) is 13.2 Å². The van der Waals surface area contributed by atoms with E-state index >= 15 is 0 Å². The first-order chi connectivity index (χ1) is 9.95. The van der Waals surface area contributed by atoms with E-state index in [1.165, 1.54) is 20.3 Å². The first-order valence-corrected chi connectivity index (χ1v) is 7.01. The van der Waals surface area contributed by atoms with Crippen LogP contribution in [0.1, 0.15) is 30.4 Å². The summed E-state index contributed by atoms with van der Waals surface area (Å²) in [7, 11) is 2.64. The fourth-order valence-corrected chi connectivity index (χ4v) is 2.71. The summed E-state index contributed by atoms with van der Waals surface area (Å²) in [5, 5.41) is 3.38. The first kappa shape index (κ1) is 15.9. The van der Waals surface area contributed by atoms with E-state index in [-0.39, 0.29) is 17.5 Å². The summed E-state index contributed by atoms with van der Waals surface area (Å²) in [6.45, 7) is 0.949. The van der Waals surface area contributed by atoms with E-state index in [9.17, 15) is 13.2 Å². The molecule has 1 fully saturated rings. The molecule has 1 N–H and O–H groups in total. The van der Waals surface area contributed by atoms with Crippen LogP contribution in [0.15, 0.2) is 12.1 Å². The molecule has 1 aromatic carbocycles. The molecule has 0 spiro atoms. The number of ether oxygens (including phenoxy) is 2. The van der Waals surface area contributed by atoms with Gasteiger partial charge in [0.1, 0.15) is 17.1 Å². The largest absolute Gasteiger partial charge is 0.496 e. The summed E-state index contributed by atoms with van der Waals surface area (Å²) in [4.78, 5) is 0. The van der Waals surface area contributed by atoms with Crippen molar-refractivity contribution in [1.82, 2.24) is 5.32 Å². The lowest BCUT2D eigenvalue weighted by Gasteiger charge is -2.25. The zero-order chi connectivity index (χ0) is 15.5. The number of halogens is 3. The van der Waals surface area contributed by atoms with Crippen LogP contribution in [0.25, 0.3) is 0 Å². The SMILES string of the molecule is COc1cc(C(F)(F)F)c(OC)cc1CC1CCCCN1. The maximum atomic E-state index is 13.0. The molecule has 0 saturated carbocycles. The molecule has 1 aliphatic heterocycles. The lowest BCUT2D eigenvalue weighted by Crippen LogP contribution is -2.35. The fraction of sp³-hybridized carbons (Fsp3) is 0.600. The van der Waals surface area contributed by atoms with Crippen molar-refractivity contribution < 1.29 is 22.6 Å². The molecule has 21 heavy (non-hydrogen) atoms. The molecule has 6 heteroatoms. The maximum Gasteiger partial charge on any atom is 0.420 e. The Morgan fingerprint density at radius 3 is 2.38 bits per heavy atom. The summed E-state index contributed by atoms with van der Waals surface area (Å²) in [6.07, 6.45) is -0.522. The zero-order valence-electron chi connectivity index (χ0n) is 12.2. The third kappa shape index (κ3) is 3.81. The Morgan fingerprint density at radius 1 is 1.14 bits per heavy atom. The number of hydrogen-bond acceptors (Lipinski definition) is 3. The molecular weight excluding hydrogens is 283 g/mol. The van der Waals surface area contributed by atoms with Crippen molar-refractivity contribution in [3.8, 4) is 11.5 Å². The highest BCUT2D eigenvalue weighted by molar-refractivity contribution is 5.48. The Kier molecular flexibility index (Phi) is 4.98. The van der Waals surface area contributed by atoms with Gasteiger partial charge < -0.3 is 14.8 Å². The minimum Gasteiger partial charge on any atom is -0.496 e. The number of alkyl halides is 3. The number of rotatable bonds is 4. The molecule has 0 amide bonds. The molecule has 1 unspecified atom stereocenters. The number of benzene rings is 1. The second kappa shape index (κ2) is 6.56. The van der Waals surface area contributed by atoms with Gasteiger partial charge in [-0.15, -0.1) is 0 Å². The summed E-state index contributed by atoms with van der Waals surface area (Å²) < 4.78 is 49.0. The van der Waals surface area contributed by atoms with Crippen molar-refractivity contribution in [2.24, 2.45) is 0 Å². The van der Waals surface area contributed by atoms with Crippen molar-refractivity contribution in [2.45, 2.75) is 37.9 Å². The smallest absolute Gasteiger partial charge is 0.420 e. The van der Waals surface area contributed by atoms with Gasteiger partial charge in [-0.3, -0.25) is 0 Å². The quantitative estimate of drug-likeness (QED) is 0.924. The highest BCUT2D eigenvalue weighted by Gasteiger charge is 2.35. The third-order valence-corrected chi connectivity index (χ3v) is 3.79. The Morgan fingerprint density at radius 2 is 1.86 bits per heavy atom. The monoisotopic (exact) mass is 303 g/mol. The van der Waals surface area contributed by atoms with Crippen molar-refractivity contribution >= 4 is 0 Å². The van der Waals surface area contributed by atoms with Crippen LogP contribution in [0, 0.1) is 0 Å². The van der Waals surface area contributed by atoms with E-state index in [0.29, 0.717) is 6.42 Å². The second-order valence-electron chi connectivity index (χ2n) is 5.21. The Balaban J connectivity index is 2.31. The summed E-state index contributed by atoms with van der Waals surface area (Å²) >= 11 is 0. The van der Waals surface area contributed by atoms with Crippen LogP contribution < -0.4 is 14.8 Å². The molecule has 118 valence electrons. The predicted molar refractivity (Wildman–Crippen MR) is 73.9 cm³/mol. The van der Waals surface area contributed by atoms with Crippen LogP contribution in [0.4, 0.5) is 13.2 Å². The Labute approximate surface area is 122 Å². The van der Waals surface area contributed by atoms with E-state index in [2.05, 4.69) is 5.32 Å². The van der Waals surface area contributed by atoms with Crippen LogP contribution in [0.5, 0.6) is 11.5 Å². The van der Waals surface area contributed by atoms with Crippen molar-refractivity contribution in [2.75, 3.05) is 20.8 Å². The van der Waals surface area contributed by atoms with E-state index in [1.807, 2.05) is 0 Å². The number of hydrogen-bond donors (Lipinski definition) is 1. The maximum absolute atomic E-state index is 13.0. The van der Waals surface area contributed by atoms with Gasteiger partial charge in [0.25, 0.3) is 0 Å². The van der Waals surface area contributed by atoms with Gasteiger partial charge in [-0.1, -0.05) is 6.42 Å². The number of piperidine rings is 1. The predicted octanol–water partition coefficient (Wildman–Crippen LogP) is 3.41. The average molecular weight is 303 g/mol. The number of nitrogens with one attached hydrogen (secondary N) is 1. The molecule has 0 bridgehead atoms. The van der Waals surface area contributed by atoms with Crippen LogP contribution >= 0.6 is 0 Å². The van der Waals surface area contributed by atoms with Gasteiger partial charge in [-0.25, -0.2) is 0 Å². The van der Waals surface area contributed by atoms with Gasteiger partial charge >= 0.3 is 6.18 Å². The van der Waals surface area contributed by atoms with Gasteiger partial charge in [0.2, 0.25) is 0 Å². The van der Waals surface area contributed by atoms with Gasteiger partial charge in [0.15, 0.2) is 0 Å². The summed E-state index contributed by atoms with van der Waals surface area (Å²) in [5.41, 5.74) is -0.0658. The molecule has 3 nitrogen and oxygen atoms in total. The van der Waals surface area contributed by atoms with E-state index in [4.69, 9.17) is 9.47 Å². The molecular formula is C15H20F3NO2. The summed E-state index contributed by atoms with van der Waals surface area (Å²) in [5.74, 6) is 0.101. The van der Waals surface area contributed by atoms with Crippen LogP contribution in [-0.2, 0) is 12.6 Å². The molecule has 0 aliphatic carbocycles. The highest BCUT2D eigenvalue weighted by Crippen LogP contribution is 2.40. The van der Waals surface area contributed by atoms with Crippen LogP contribution in [-0.4, -0.2) is 26.8 Å². The van der Waals surface area contributed by atoms with E-state index in [1.54, 1.807) is 0 Å². The molecule has 2 rings (SSSR count). The van der Waals surface area contributed by atoms with E-state index in [0.717, 1.165) is 37.4 Å². The number of methoxy groups -OCH3 is 2. The fourth-order valence-electron chi connectivity index (χ4n) is 2.71. The van der Waals surface area contributed by atoms with Gasteiger partial charge in [0, 0.05) is 6.04 Å². The third-order valence-electron chi connectivity index (χ3n) is 3.79. The lowest BCUT2D eigenvalue weighted by molar-refractivity contribution is -0.138. The molecule has 1 saturated heterocycles. The first-order valence-electron chi connectivity index (χ1n) is 7.01. The highest BCUT2D eigenvalue weighted by atomic mass is 19.4. The molecule has 0 radical (unpaired) electrons. The van der Waals surface area contributed by atoms with Crippen molar-refractivity contribution in [1.29, 1.82) is 0 Å². The standard InChI is InChI=1S/C15H20F3NO2/c1-20-13-9-12(15(16,17)18)14(21-2)8-10(13)7-11-5-3-4-6-19-11/h8-9,11,19H,3-7H2,1-2H3. The molecule has 1 aliphatic rings. The second-order valence-corrected chi connectivity index (χ2v) is 5.21. The molecule has 0 aromatic heterocycles. The van der Waals surface area contributed by atoms with E-state index < -0.39 is 11.7 Å². The molecule has 1 heterocycles. The van der Waals surface area contributed by atoms with Crippen molar-refractivity contribution in [3.63, 3.8) is 0 Å². The molecule has 1 aromatic rings. The normalized spacial score (nSPS) is 19.4. The topological polar surface area (TPSA) is 30.5 Å².